The molecule has 17 heteroatoms. The zero-order valence-electron chi connectivity index (χ0n) is 44.1. The number of nitrogens with zero attached hydrogens (tertiary/aromatic N) is 9. The second-order valence-electron chi connectivity index (χ2n) is 23.3. The molecule has 5 amide bonds. The lowest BCUT2D eigenvalue weighted by Crippen LogP contribution is -2.59. The van der Waals surface area contributed by atoms with Crippen molar-refractivity contribution in [3.63, 3.8) is 0 Å². The van der Waals surface area contributed by atoms with Crippen molar-refractivity contribution in [2.24, 2.45) is 11.3 Å². The van der Waals surface area contributed by atoms with Gasteiger partial charge in [-0.2, -0.15) is 0 Å². The number of hydrogen-bond donors (Lipinski definition) is 2. The van der Waals surface area contributed by atoms with E-state index in [2.05, 4.69) is 69.3 Å². The second-order valence-corrected chi connectivity index (χ2v) is 23.3. The first-order valence-electron chi connectivity index (χ1n) is 28.0. The normalized spacial score (nSPS) is 24.0. The van der Waals surface area contributed by atoms with Crippen LogP contribution in [0.2, 0.25) is 0 Å². The summed E-state index contributed by atoms with van der Waals surface area (Å²) in [5.74, 6) is -0.418. The van der Waals surface area contributed by atoms with E-state index in [0.29, 0.717) is 82.3 Å². The van der Waals surface area contributed by atoms with Crippen LogP contribution in [-0.4, -0.2) is 128 Å². The first-order valence-corrected chi connectivity index (χ1v) is 28.0. The molecule has 2 aromatic carbocycles. The Labute approximate surface area is 443 Å². The van der Waals surface area contributed by atoms with Crippen LogP contribution in [0.3, 0.4) is 0 Å². The number of likely N-dealkylation sites (tertiary alicyclic amines) is 3. The standard InChI is InChI=1S/C59H70FN11O5/c1-37(2)70-36-62-49-34-48(64-53(52(49)70)63-47-15-22-61-35-46(47)60)40-9-13-45-50(31-40)71(43-32-42(33-43)66-23-5-4-6-24-66)57(76)59(45)20-29-69(30-21-59)56(75)58(3)18-27-68(28-19-58)55(74)39-16-25-67(26-17-39)41-10-7-38(8-11-41)44-12-14-51(72)65-54(44)73/h7-11,13,15,22,31,34-37,39,42-44H,4-6,12,14,16-21,23-30,32-33H2,1-3H3,(H,61,63,64)(H,65,72,73). The molecule has 16 nitrogen and oxygen atoms in total. The van der Waals surface area contributed by atoms with Crippen molar-refractivity contribution in [2.45, 2.75) is 134 Å². The van der Waals surface area contributed by atoms with Gasteiger partial charge in [-0.25, -0.2) is 14.4 Å². The van der Waals surface area contributed by atoms with Crippen molar-refractivity contribution < 1.29 is 28.4 Å². The summed E-state index contributed by atoms with van der Waals surface area (Å²) in [5, 5.41) is 5.70. The molecule has 398 valence electrons. The van der Waals surface area contributed by atoms with E-state index in [1.807, 2.05) is 44.7 Å². The van der Waals surface area contributed by atoms with Gasteiger partial charge in [0.05, 0.1) is 40.8 Å². The molecule has 1 atom stereocenters. The SMILES string of the molecule is CC(C)n1cnc2cc(-c3ccc4c(c3)N(C3CC(N5CCCCC5)C3)C(=O)C43CCN(C(=O)C4(C)CCN(C(=O)C5CCN(c6ccc(C7CCC(=O)NC7=O)cc6)CC5)CC4)CC3)nc(Nc3ccncc3F)c21. The number of imide groups is 1. The number of carbonyl (C=O) groups is 5. The van der Waals surface area contributed by atoms with Gasteiger partial charge in [-0.15, -0.1) is 0 Å². The summed E-state index contributed by atoms with van der Waals surface area (Å²) in [6.07, 6.45) is 14.7. The number of amides is 5. The Morgan fingerprint density at radius 1 is 0.816 bits per heavy atom. The maximum absolute atomic E-state index is 15.4. The molecule has 0 bridgehead atoms. The average Bonchev–Trinajstić information content (AvgIpc) is 4.18. The zero-order chi connectivity index (χ0) is 52.5. The van der Waals surface area contributed by atoms with Crippen molar-refractivity contribution in [2.75, 3.05) is 67.5 Å². The van der Waals surface area contributed by atoms with Crippen LogP contribution >= 0.6 is 0 Å². The number of hydrogen-bond acceptors (Lipinski definition) is 11. The number of carbonyl (C=O) groups excluding carboxylic acids is 5. The van der Waals surface area contributed by atoms with Gasteiger partial charge in [0.15, 0.2) is 11.6 Å². The van der Waals surface area contributed by atoms with E-state index in [0.717, 1.165) is 91.0 Å². The maximum atomic E-state index is 15.4. The highest BCUT2D eigenvalue weighted by Gasteiger charge is 2.56. The van der Waals surface area contributed by atoms with Gasteiger partial charge in [-0.1, -0.05) is 37.6 Å². The molecule has 9 heterocycles. The number of halogens is 1. The maximum Gasteiger partial charge on any atom is 0.238 e. The van der Waals surface area contributed by atoms with Crippen molar-refractivity contribution in [3.05, 3.63) is 90.3 Å². The van der Waals surface area contributed by atoms with Crippen molar-refractivity contribution in [3.8, 4) is 11.3 Å². The van der Waals surface area contributed by atoms with Crippen LogP contribution in [0.1, 0.15) is 127 Å². The molecule has 1 unspecified atom stereocenters. The van der Waals surface area contributed by atoms with Crippen molar-refractivity contribution in [1.82, 2.24) is 39.5 Å². The highest BCUT2D eigenvalue weighted by molar-refractivity contribution is 6.10. The summed E-state index contributed by atoms with van der Waals surface area (Å²) < 4.78 is 17.1. The van der Waals surface area contributed by atoms with E-state index >= 15 is 9.18 Å². The fourth-order valence-corrected chi connectivity index (χ4v) is 13.7. The fraction of sp³-hybridized carbons (Fsp3) is 0.525. The lowest BCUT2D eigenvalue weighted by Gasteiger charge is -2.48. The number of fused-ring (bicyclic) bond motifs is 3. The van der Waals surface area contributed by atoms with Gasteiger partial charge in [0.1, 0.15) is 5.52 Å². The summed E-state index contributed by atoms with van der Waals surface area (Å²) in [6.45, 7) is 12.0. The smallest absolute Gasteiger partial charge is 0.238 e. The average molecular weight is 1030 g/mol. The highest BCUT2D eigenvalue weighted by atomic mass is 19.1. The van der Waals surface area contributed by atoms with Gasteiger partial charge in [0.2, 0.25) is 29.5 Å². The zero-order valence-corrected chi connectivity index (χ0v) is 44.1. The lowest BCUT2D eigenvalue weighted by molar-refractivity contribution is -0.150. The predicted molar refractivity (Wildman–Crippen MR) is 288 cm³/mol. The van der Waals surface area contributed by atoms with Crippen molar-refractivity contribution >= 4 is 63.4 Å². The molecular formula is C59H70FN11O5. The summed E-state index contributed by atoms with van der Waals surface area (Å²) in [7, 11) is 0. The fourth-order valence-electron chi connectivity index (χ4n) is 13.7. The van der Waals surface area contributed by atoms with Gasteiger partial charge in [-0.3, -0.25) is 34.3 Å². The molecule has 5 saturated heterocycles. The van der Waals surface area contributed by atoms with E-state index in [4.69, 9.17) is 9.97 Å². The minimum atomic E-state index is -0.759. The molecule has 5 aromatic rings. The Balaban J connectivity index is 0.722. The van der Waals surface area contributed by atoms with Crippen LogP contribution in [0.5, 0.6) is 0 Å². The van der Waals surface area contributed by atoms with Gasteiger partial charge >= 0.3 is 0 Å². The third-order valence-electron chi connectivity index (χ3n) is 18.5. The Morgan fingerprint density at radius 3 is 2.24 bits per heavy atom. The first-order chi connectivity index (χ1) is 36.8. The number of nitrogens with one attached hydrogen (secondary N) is 2. The number of pyridine rings is 2. The van der Waals surface area contributed by atoms with Crippen LogP contribution in [-0.2, 0) is 29.4 Å². The first kappa shape index (κ1) is 50.1. The van der Waals surface area contributed by atoms with Crippen LogP contribution in [0.25, 0.3) is 22.3 Å². The molecule has 76 heavy (non-hydrogen) atoms. The summed E-state index contributed by atoms with van der Waals surface area (Å²) >= 11 is 0. The molecule has 1 aliphatic carbocycles. The number of benzene rings is 2. The Kier molecular flexibility index (Phi) is 13.2. The number of aromatic nitrogens is 4. The van der Waals surface area contributed by atoms with Crippen molar-refractivity contribution in [1.29, 1.82) is 0 Å². The van der Waals surface area contributed by atoms with Crippen LogP contribution < -0.4 is 20.4 Å². The van der Waals surface area contributed by atoms with Crippen LogP contribution in [0.15, 0.2) is 73.3 Å². The Hall–Kier alpha value is -6.75. The second kappa shape index (κ2) is 20.0. The van der Waals surface area contributed by atoms with Crippen LogP contribution in [0.4, 0.5) is 27.3 Å². The number of imidazole rings is 1. The molecule has 1 saturated carbocycles. The van der Waals surface area contributed by atoms with E-state index in [9.17, 15) is 19.2 Å². The molecule has 7 aliphatic rings. The Bertz CT molecular complexity index is 3070. The van der Waals surface area contributed by atoms with E-state index in [1.165, 1.54) is 25.5 Å². The van der Waals surface area contributed by atoms with Gasteiger partial charge in [0.25, 0.3) is 0 Å². The minimum absolute atomic E-state index is 0.0667. The molecule has 12 rings (SSSR count). The predicted octanol–water partition coefficient (Wildman–Crippen LogP) is 8.25. The third kappa shape index (κ3) is 8.98. The molecule has 6 aliphatic heterocycles. The lowest BCUT2D eigenvalue weighted by atomic mass is 9.72. The van der Waals surface area contributed by atoms with E-state index in [-0.39, 0.29) is 59.1 Å². The molecule has 3 aromatic heterocycles. The third-order valence-corrected chi connectivity index (χ3v) is 18.5. The van der Waals surface area contributed by atoms with Gasteiger partial charge in [-0.05, 0) is 139 Å². The topological polar surface area (TPSA) is 169 Å². The molecule has 2 N–H and O–H groups in total. The minimum Gasteiger partial charge on any atom is -0.371 e. The number of rotatable bonds is 10. The molecule has 1 spiro atoms. The van der Waals surface area contributed by atoms with Gasteiger partial charge in [0, 0.05) is 98.3 Å². The largest absolute Gasteiger partial charge is 0.371 e. The number of piperidine rings is 5. The molecule has 6 fully saturated rings. The monoisotopic (exact) mass is 1030 g/mol. The summed E-state index contributed by atoms with van der Waals surface area (Å²) in [5.41, 5.74) is 5.80. The quantitative estimate of drug-likeness (QED) is 0.129. The van der Waals surface area contributed by atoms with Crippen LogP contribution in [0, 0.1) is 17.2 Å². The number of anilines is 4. The summed E-state index contributed by atoms with van der Waals surface area (Å²) in [6, 6.07) is 18.5. The molecule has 0 radical (unpaired) electrons. The molecular weight excluding hydrogens is 962 g/mol. The van der Waals surface area contributed by atoms with E-state index in [1.54, 1.807) is 18.6 Å². The van der Waals surface area contributed by atoms with E-state index < -0.39 is 16.6 Å². The van der Waals surface area contributed by atoms with Gasteiger partial charge < -0.3 is 34.4 Å². The highest BCUT2D eigenvalue weighted by Crippen LogP contribution is 2.53. The summed E-state index contributed by atoms with van der Waals surface area (Å²) in [4.78, 5) is 92.9. The Morgan fingerprint density at radius 2 is 1.54 bits per heavy atom.